The largest absolute Gasteiger partial charge is 0.312 e. The van der Waals surface area contributed by atoms with E-state index in [1.165, 1.54) is 58.2 Å². The van der Waals surface area contributed by atoms with Crippen molar-refractivity contribution in [1.29, 1.82) is 0 Å². The molecule has 0 spiro atoms. The molecule has 1 aliphatic heterocycles. The Morgan fingerprint density at radius 3 is 2.69 bits per heavy atom. The first-order valence-corrected chi connectivity index (χ1v) is 7.30. The SMILES string of the molecule is CC1CCC(N2CCCNC(C3CC3)C2)C1. The standard InChI is InChI=1S/C14H26N2/c1-11-3-6-13(9-11)16-8-2-7-15-14(10-16)12-4-5-12/h11-15H,2-10H2,1H3. The summed E-state index contributed by atoms with van der Waals surface area (Å²) in [5.74, 6) is 1.99. The fourth-order valence-corrected chi connectivity index (χ4v) is 3.63. The molecule has 3 atom stereocenters. The smallest absolute Gasteiger partial charge is 0.0223 e. The van der Waals surface area contributed by atoms with Gasteiger partial charge in [0.25, 0.3) is 0 Å². The van der Waals surface area contributed by atoms with Crippen LogP contribution in [0, 0.1) is 11.8 Å². The second-order valence-corrected chi connectivity index (χ2v) is 6.32. The van der Waals surface area contributed by atoms with Crippen molar-refractivity contribution in [2.24, 2.45) is 11.8 Å². The molecule has 3 fully saturated rings. The van der Waals surface area contributed by atoms with Gasteiger partial charge < -0.3 is 5.32 Å². The lowest BCUT2D eigenvalue weighted by molar-refractivity contribution is 0.186. The van der Waals surface area contributed by atoms with E-state index in [2.05, 4.69) is 17.1 Å². The molecule has 0 aromatic rings. The van der Waals surface area contributed by atoms with Crippen LogP contribution in [0.15, 0.2) is 0 Å². The number of hydrogen-bond donors (Lipinski definition) is 1. The first kappa shape index (κ1) is 11.0. The highest BCUT2D eigenvalue weighted by Crippen LogP contribution is 2.35. The highest BCUT2D eigenvalue weighted by Gasteiger charge is 2.35. The van der Waals surface area contributed by atoms with E-state index in [-0.39, 0.29) is 0 Å². The molecule has 1 N–H and O–H groups in total. The molecule has 0 aromatic heterocycles. The predicted molar refractivity (Wildman–Crippen MR) is 67.5 cm³/mol. The van der Waals surface area contributed by atoms with Crippen LogP contribution in [0.2, 0.25) is 0 Å². The van der Waals surface area contributed by atoms with Crippen LogP contribution in [0.4, 0.5) is 0 Å². The average molecular weight is 222 g/mol. The van der Waals surface area contributed by atoms with E-state index in [1.54, 1.807) is 0 Å². The minimum absolute atomic E-state index is 0.818. The van der Waals surface area contributed by atoms with Crippen LogP contribution in [-0.2, 0) is 0 Å². The number of nitrogens with one attached hydrogen (secondary N) is 1. The maximum absolute atomic E-state index is 3.77. The molecule has 3 rings (SSSR count). The molecular weight excluding hydrogens is 196 g/mol. The monoisotopic (exact) mass is 222 g/mol. The van der Waals surface area contributed by atoms with Gasteiger partial charge >= 0.3 is 0 Å². The average Bonchev–Trinajstić information content (AvgIpc) is 3.05. The summed E-state index contributed by atoms with van der Waals surface area (Å²) in [7, 11) is 0. The minimum Gasteiger partial charge on any atom is -0.312 e. The first-order chi connectivity index (χ1) is 7.83. The summed E-state index contributed by atoms with van der Waals surface area (Å²) in [6.07, 6.45) is 8.69. The zero-order valence-electron chi connectivity index (χ0n) is 10.6. The highest BCUT2D eigenvalue weighted by molar-refractivity contribution is 4.92. The summed E-state index contributed by atoms with van der Waals surface area (Å²) in [5.41, 5.74) is 0. The van der Waals surface area contributed by atoms with E-state index < -0.39 is 0 Å². The van der Waals surface area contributed by atoms with Crippen molar-refractivity contribution in [3.63, 3.8) is 0 Å². The Hall–Kier alpha value is -0.0800. The maximum atomic E-state index is 3.77. The summed E-state index contributed by atoms with van der Waals surface area (Å²) >= 11 is 0. The molecule has 2 aliphatic carbocycles. The highest BCUT2D eigenvalue weighted by atomic mass is 15.2. The Kier molecular flexibility index (Phi) is 3.21. The number of nitrogens with zero attached hydrogens (tertiary/aromatic N) is 1. The molecule has 0 aromatic carbocycles. The van der Waals surface area contributed by atoms with Crippen LogP contribution in [0.5, 0.6) is 0 Å². The molecule has 2 nitrogen and oxygen atoms in total. The van der Waals surface area contributed by atoms with E-state index in [9.17, 15) is 0 Å². The molecule has 3 aliphatic rings. The molecule has 16 heavy (non-hydrogen) atoms. The Labute approximate surface area is 99.8 Å². The van der Waals surface area contributed by atoms with Gasteiger partial charge in [0, 0.05) is 18.6 Å². The van der Waals surface area contributed by atoms with E-state index in [4.69, 9.17) is 0 Å². The van der Waals surface area contributed by atoms with E-state index >= 15 is 0 Å². The van der Waals surface area contributed by atoms with Crippen LogP contribution >= 0.6 is 0 Å². The minimum atomic E-state index is 0.818. The molecule has 2 heteroatoms. The van der Waals surface area contributed by atoms with Gasteiger partial charge in [-0.05, 0) is 63.5 Å². The van der Waals surface area contributed by atoms with Gasteiger partial charge in [-0.3, -0.25) is 4.90 Å². The molecule has 0 radical (unpaired) electrons. The molecule has 3 unspecified atom stereocenters. The molecule has 92 valence electrons. The van der Waals surface area contributed by atoms with Crippen molar-refractivity contribution in [2.75, 3.05) is 19.6 Å². The van der Waals surface area contributed by atoms with E-state index in [0.29, 0.717) is 0 Å². The van der Waals surface area contributed by atoms with Gasteiger partial charge in [-0.1, -0.05) is 6.92 Å². The first-order valence-electron chi connectivity index (χ1n) is 7.30. The zero-order valence-corrected chi connectivity index (χ0v) is 10.6. The topological polar surface area (TPSA) is 15.3 Å². The fraction of sp³-hybridized carbons (Fsp3) is 1.00. The second kappa shape index (κ2) is 4.66. The Morgan fingerprint density at radius 1 is 1.12 bits per heavy atom. The van der Waals surface area contributed by atoms with Crippen LogP contribution in [0.3, 0.4) is 0 Å². The van der Waals surface area contributed by atoms with Crippen LogP contribution in [0.1, 0.15) is 45.4 Å². The normalized spacial score (nSPS) is 42.2. The van der Waals surface area contributed by atoms with Crippen LogP contribution < -0.4 is 5.32 Å². The molecule has 0 bridgehead atoms. The molecular formula is C14H26N2. The van der Waals surface area contributed by atoms with Gasteiger partial charge in [-0.25, -0.2) is 0 Å². The van der Waals surface area contributed by atoms with Gasteiger partial charge in [0.15, 0.2) is 0 Å². The van der Waals surface area contributed by atoms with E-state index in [1.807, 2.05) is 0 Å². The third kappa shape index (κ3) is 2.43. The third-order valence-electron chi connectivity index (χ3n) is 4.83. The summed E-state index contributed by atoms with van der Waals surface area (Å²) in [6.45, 7) is 6.35. The Bertz CT molecular complexity index is 237. The predicted octanol–water partition coefficient (Wildman–Crippen LogP) is 2.25. The summed E-state index contributed by atoms with van der Waals surface area (Å²) in [4.78, 5) is 2.81. The van der Waals surface area contributed by atoms with Crippen molar-refractivity contribution >= 4 is 0 Å². The lowest BCUT2D eigenvalue weighted by atomic mass is 10.1. The summed E-state index contributed by atoms with van der Waals surface area (Å²) < 4.78 is 0. The van der Waals surface area contributed by atoms with Crippen molar-refractivity contribution in [1.82, 2.24) is 10.2 Å². The van der Waals surface area contributed by atoms with Gasteiger partial charge in [-0.2, -0.15) is 0 Å². The van der Waals surface area contributed by atoms with Crippen LogP contribution in [-0.4, -0.2) is 36.6 Å². The van der Waals surface area contributed by atoms with Crippen LogP contribution in [0.25, 0.3) is 0 Å². The van der Waals surface area contributed by atoms with Gasteiger partial charge in [0.1, 0.15) is 0 Å². The van der Waals surface area contributed by atoms with Gasteiger partial charge in [0.2, 0.25) is 0 Å². The summed E-state index contributed by atoms with van der Waals surface area (Å²) in [5, 5.41) is 3.77. The number of rotatable bonds is 2. The van der Waals surface area contributed by atoms with Crippen molar-refractivity contribution in [3.05, 3.63) is 0 Å². The van der Waals surface area contributed by atoms with Crippen molar-refractivity contribution in [2.45, 2.75) is 57.5 Å². The summed E-state index contributed by atoms with van der Waals surface area (Å²) in [6, 6.07) is 1.73. The number of hydrogen-bond acceptors (Lipinski definition) is 2. The van der Waals surface area contributed by atoms with Crippen molar-refractivity contribution in [3.8, 4) is 0 Å². The molecule has 1 saturated heterocycles. The van der Waals surface area contributed by atoms with Gasteiger partial charge in [0.05, 0.1) is 0 Å². The second-order valence-electron chi connectivity index (χ2n) is 6.32. The molecule has 2 saturated carbocycles. The van der Waals surface area contributed by atoms with E-state index in [0.717, 1.165) is 23.9 Å². The molecule has 0 amide bonds. The Balaban J connectivity index is 1.59. The lowest BCUT2D eigenvalue weighted by Crippen LogP contribution is -2.43. The zero-order chi connectivity index (χ0) is 11.0. The lowest BCUT2D eigenvalue weighted by Gasteiger charge is -2.30. The quantitative estimate of drug-likeness (QED) is 0.771. The van der Waals surface area contributed by atoms with Gasteiger partial charge in [-0.15, -0.1) is 0 Å². The fourth-order valence-electron chi connectivity index (χ4n) is 3.63. The Morgan fingerprint density at radius 2 is 2.00 bits per heavy atom. The van der Waals surface area contributed by atoms with Crippen molar-refractivity contribution < 1.29 is 0 Å². The molecule has 1 heterocycles. The third-order valence-corrected chi connectivity index (χ3v) is 4.83. The maximum Gasteiger partial charge on any atom is 0.0223 e.